The van der Waals surface area contributed by atoms with Crippen molar-refractivity contribution in [1.29, 1.82) is 0 Å². The van der Waals surface area contributed by atoms with Crippen LogP contribution in [0.4, 0.5) is 4.39 Å². The second-order valence-electron chi connectivity index (χ2n) is 6.29. The summed E-state index contributed by atoms with van der Waals surface area (Å²) in [5.41, 5.74) is 1.34. The van der Waals surface area contributed by atoms with Crippen molar-refractivity contribution in [1.82, 2.24) is 9.88 Å². The lowest BCUT2D eigenvalue weighted by Gasteiger charge is -2.22. The Morgan fingerprint density at radius 3 is 2.77 bits per heavy atom. The molecule has 0 saturated heterocycles. The molecule has 0 unspecified atom stereocenters. The van der Waals surface area contributed by atoms with Crippen molar-refractivity contribution in [3.05, 3.63) is 62.6 Å². The number of hydrogen-bond acceptors (Lipinski definition) is 4. The molecule has 1 fully saturated rings. The molecule has 0 bridgehead atoms. The van der Waals surface area contributed by atoms with Gasteiger partial charge in [-0.05, 0) is 40.9 Å². The second-order valence-corrected chi connectivity index (χ2v) is 8.98. The van der Waals surface area contributed by atoms with Crippen molar-refractivity contribution in [2.45, 2.75) is 31.8 Å². The zero-order valence-corrected chi connectivity index (χ0v) is 17.0. The van der Waals surface area contributed by atoms with E-state index in [0.29, 0.717) is 12.1 Å². The summed E-state index contributed by atoms with van der Waals surface area (Å²) in [4.78, 5) is 20.3. The van der Waals surface area contributed by atoms with Crippen LogP contribution in [0.1, 0.15) is 24.1 Å². The second kappa shape index (κ2) is 7.58. The number of thiophene rings is 1. The highest BCUT2D eigenvalue weighted by molar-refractivity contribution is 9.10. The summed E-state index contributed by atoms with van der Waals surface area (Å²) in [6.07, 6.45) is 2.24. The predicted octanol–water partition coefficient (Wildman–Crippen LogP) is 5.51. The van der Waals surface area contributed by atoms with E-state index in [0.717, 1.165) is 32.9 Å². The molecule has 1 amide bonds. The minimum Gasteiger partial charge on any atom is -0.335 e. The van der Waals surface area contributed by atoms with Crippen LogP contribution in [-0.4, -0.2) is 21.8 Å². The van der Waals surface area contributed by atoms with Crippen LogP contribution in [0.15, 0.2) is 45.6 Å². The molecule has 1 saturated carbocycles. The molecule has 26 heavy (non-hydrogen) atoms. The Morgan fingerprint density at radius 2 is 2.08 bits per heavy atom. The number of halogens is 2. The minimum atomic E-state index is -0.259. The maximum atomic E-state index is 14.0. The fourth-order valence-corrected chi connectivity index (χ4v) is 5.13. The number of amides is 1. The summed E-state index contributed by atoms with van der Waals surface area (Å²) in [6.45, 7) is 0.324. The van der Waals surface area contributed by atoms with Gasteiger partial charge in [-0.1, -0.05) is 18.2 Å². The van der Waals surface area contributed by atoms with Gasteiger partial charge in [0.15, 0.2) is 0 Å². The quantitative estimate of drug-likeness (QED) is 0.496. The van der Waals surface area contributed by atoms with E-state index in [1.807, 2.05) is 16.8 Å². The molecule has 0 aliphatic heterocycles. The highest BCUT2D eigenvalue weighted by Crippen LogP contribution is 2.33. The molecule has 3 aromatic rings. The first-order chi connectivity index (χ1) is 12.6. The van der Waals surface area contributed by atoms with Crippen molar-refractivity contribution >= 4 is 44.5 Å². The van der Waals surface area contributed by atoms with Crippen molar-refractivity contribution in [2.75, 3.05) is 0 Å². The molecular weight excluding hydrogens is 435 g/mol. The summed E-state index contributed by atoms with van der Waals surface area (Å²) >= 11 is 6.62. The van der Waals surface area contributed by atoms with E-state index in [1.54, 1.807) is 45.8 Å². The van der Waals surface area contributed by atoms with Crippen molar-refractivity contribution in [2.24, 2.45) is 0 Å². The van der Waals surface area contributed by atoms with Crippen LogP contribution in [0.5, 0.6) is 0 Å². The first kappa shape index (κ1) is 17.8. The van der Waals surface area contributed by atoms with E-state index in [4.69, 9.17) is 0 Å². The highest BCUT2D eigenvalue weighted by Gasteiger charge is 2.33. The van der Waals surface area contributed by atoms with Crippen LogP contribution in [0, 0.1) is 5.82 Å². The summed E-state index contributed by atoms with van der Waals surface area (Å²) in [6, 6.07) is 8.92. The third-order valence-electron chi connectivity index (χ3n) is 4.27. The Kier molecular flexibility index (Phi) is 5.20. The van der Waals surface area contributed by atoms with Gasteiger partial charge in [0.05, 0.1) is 17.0 Å². The first-order valence-electron chi connectivity index (χ1n) is 8.32. The van der Waals surface area contributed by atoms with Crippen LogP contribution in [0.3, 0.4) is 0 Å². The number of thiazole rings is 1. The normalized spacial score (nSPS) is 13.8. The maximum absolute atomic E-state index is 14.0. The zero-order valence-electron chi connectivity index (χ0n) is 13.8. The Morgan fingerprint density at radius 1 is 1.27 bits per heavy atom. The van der Waals surface area contributed by atoms with Crippen molar-refractivity contribution < 1.29 is 9.18 Å². The van der Waals surface area contributed by atoms with Gasteiger partial charge < -0.3 is 4.90 Å². The summed E-state index contributed by atoms with van der Waals surface area (Å²) in [5, 5.41) is 4.88. The van der Waals surface area contributed by atoms with E-state index in [9.17, 15) is 9.18 Å². The van der Waals surface area contributed by atoms with Gasteiger partial charge in [0, 0.05) is 33.4 Å². The average Bonchev–Trinajstić information content (AvgIpc) is 3.20. The van der Waals surface area contributed by atoms with E-state index < -0.39 is 0 Å². The van der Waals surface area contributed by atoms with Gasteiger partial charge in [0.25, 0.3) is 0 Å². The largest absolute Gasteiger partial charge is 0.335 e. The maximum Gasteiger partial charge on any atom is 0.229 e. The lowest BCUT2D eigenvalue weighted by Crippen LogP contribution is -2.34. The summed E-state index contributed by atoms with van der Waals surface area (Å²) in [7, 11) is 0. The fourth-order valence-electron chi connectivity index (χ4n) is 2.80. The van der Waals surface area contributed by atoms with Crippen LogP contribution in [-0.2, 0) is 17.8 Å². The molecule has 1 aliphatic rings. The molecule has 3 nitrogen and oxygen atoms in total. The number of rotatable bonds is 6. The molecule has 0 N–H and O–H groups in total. The summed E-state index contributed by atoms with van der Waals surface area (Å²) in [5.74, 6) is -0.245. The molecule has 0 atom stereocenters. The van der Waals surface area contributed by atoms with E-state index in [2.05, 4.69) is 20.9 Å². The van der Waals surface area contributed by atoms with Crippen LogP contribution in [0.2, 0.25) is 0 Å². The molecule has 1 aliphatic carbocycles. The molecule has 7 heteroatoms. The number of aromatic nitrogens is 1. The number of benzene rings is 1. The smallest absolute Gasteiger partial charge is 0.229 e. The number of carbonyl (C=O) groups excluding carboxylic acids is 1. The highest BCUT2D eigenvalue weighted by atomic mass is 79.9. The number of carbonyl (C=O) groups is 1. The molecule has 0 spiro atoms. The molecule has 2 aromatic heterocycles. The molecular formula is C19H16BrFN2OS2. The SMILES string of the molecule is O=C(Cc1csc(-c2cc(Br)cs2)n1)N(Cc1ccccc1F)C1CC1. The molecule has 1 aromatic carbocycles. The van der Waals surface area contributed by atoms with Crippen molar-refractivity contribution in [3.63, 3.8) is 0 Å². The lowest BCUT2D eigenvalue weighted by atomic mass is 10.2. The van der Waals surface area contributed by atoms with E-state index in [-0.39, 0.29) is 24.2 Å². The van der Waals surface area contributed by atoms with Gasteiger partial charge in [-0.3, -0.25) is 4.79 Å². The van der Waals surface area contributed by atoms with Crippen LogP contribution in [0.25, 0.3) is 9.88 Å². The Labute approximate surface area is 167 Å². The number of nitrogens with zero attached hydrogens (tertiary/aromatic N) is 2. The minimum absolute atomic E-state index is 0.0139. The zero-order chi connectivity index (χ0) is 18.1. The van der Waals surface area contributed by atoms with Gasteiger partial charge in [-0.15, -0.1) is 22.7 Å². The summed E-state index contributed by atoms with van der Waals surface area (Å²) < 4.78 is 15.0. The van der Waals surface area contributed by atoms with E-state index >= 15 is 0 Å². The lowest BCUT2D eigenvalue weighted by molar-refractivity contribution is -0.131. The molecule has 2 heterocycles. The third kappa shape index (κ3) is 4.05. The standard InChI is InChI=1S/C19H16BrFN2OS2/c20-13-7-17(25-10-13)19-22-14(11-26-19)8-18(24)23(15-5-6-15)9-12-3-1-2-4-16(12)21/h1-4,7,10-11,15H,5-6,8-9H2. The average molecular weight is 451 g/mol. The monoisotopic (exact) mass is 450 g/mol. The van der Waals surface area contributed by atoms with Crippen molar-refractivity contribution in [3.8, 4) is 9.88 Å². The van der Waals surface area contributed by atoms with Gasteiger partial charge in [0.1, 0.15) is 10.8 Å². The molecule has 4 rings (SSSR count). The van der Waals surface area contributed by atoms with Gasteiger partial charge in [-0.2, -0.15) is 0 Å². The van der Waals surface area contributed by atoms with E-state index in [1.165, 1.54) is 6.07 Å². The van der Waals surface area contributed by atoms with Gasteiger partial charge in [0.2, 0.25) is 5.91 Å². The fraction of sp³-hybridized carbons (Fsp3) is 0.263. The van der Waals surface area contributed by atoms with Gasteiger partial charge in [-0.25, -0.2) is 9.37 Å². The van der Waals surface area contributed by atoms with Gasteiger partial charge >= 0.3 is 0 Å². The number of hydrogen-bond donors (Lipinski definition) is 0. The topological polar surface area (TPSA) is 33.2 Å². The predicted molar refractivity (Wildman–Crippen MR) is 107 cm³/mol. The Balaban J connectivity index is 1.47. The molecule has 0 radical (unpaired) electrons. The Hall–Kier alpha value is -1.57. The third-order valence-corrected chi connectivity index (χ3v) is 7.02. The van der Waals surface area contributed by atoms with Crippen LogP contribution >= 0.6 is 38.6 Å². The first-order valence-corrected chi connectivity index (χ1v) is 10.9. The Bertz CT molecular complexity index is 935. The van der Waals surface area contributed by atoms with Crippen LogP contribution < -0.4 is 0 Å². The molecule has 134 valence electrons.